The lowest BCUT2D eigenvalue weighted by molar-refractivity contribution is -0.188. The van der Waals surface area contributed by atoms with E-state index in [0.29, 0.717) is 6.61 Å². The molecule has 1 spiro atoms. The third kappa shape index (κ3) is 5.51. The Balaban J connectivity index is 1.83. The summed E-state index contributed by atoms with van der Waals surface area (Å²) in [7, 11) is 0. The number of ether oxygens (including phenoxy) is 3. The number of carbonyl (C=O) groups is 2. The van der Waals surface area contributed by atoms with E-state index in [9.17, 15) is 18.4 Å². The highest BCUT2D eigenvalue weighted by Crippen LogP contribution is 2.39. The molecule has 6 nitrogen and oxygen atoms in total. The SMILES string of the molecule is CC(=O)NC(CC1COC2(CCCCC2)O1)C(OC(C)=O)c1cc(F)ccc1F. The standard InChI is InChI=1S/C21H27F2NO5/c1-13(25)24-19(11-16-12-27-21(29-16)8-4-3-5-9-21)20(28-14(2)26)17-10-15(22)6-7-18(17)23/h6-7,10,16,19-20H,3-5,8-9,11-12H2,1-2H3,(H,24,25). The molecule has 1 aromatic rings. The summed E-state index contributed by atoms with van der Waals surface area (Å²) >= 11 is 0. The monoisotopic (exact) mass is 411 g/mol. The van der Waals surface area contributed by atoms with Crippen LogP contribution in [0.2, 0.25) is 0 Å². The average molecular weight is 411 g/mol. The maximum atomic E-state index is 14.4. The van der Waals surface area contributed by atoms with E-state index in [4.69, 9.17) is 14.2 Å². The molecule has 1 heterocycles. The fraction of sp³-hybridized carbons (Fsp3) is 0.619. The molecule has 8 heteroatoms. The van der Waals surface area contributed by atoms with Gasteiger partial charge >= 0.3 is 5.97 Å². The first kappa shape index (κ1) is 21.6. The third-order valence-corrected chi connectivity index (χ3v) is 5.36. The molecular weight excluding hydrogens is 384 g/mol. The minimum atomic E-state index is -1.20. The normalized spacial score (nSPS) is 22.8. The Kier molecular flexibility index (Phi) is 6.85. The number of esters is 1. The van der Waals surface area contributed by atoms with Crippen molar-refractivity contribution in [3.8, 4) is 0 Å². The highest BCUT2D eigenvalue weighted by atomic mass is 19.1. The highest BCUT2D eigenvalue weighted by molar-refractivity contribution is 5.73. The highest BCUT2D eigenvalue weighted by Gasteiger charge is 2.44. The number of hydrogen-bond acceptors (Lipinski definition) is 5. The zero-order valence-electron chi connectivity index (χ0n) is 16.7. The van der Waals surface area contributed by atoms with Crippen LogP contribution < -0.4 is 5.32 Å². The number of hydrogen-bond donors (Lipinski definition) is 1. The molecule has 1 N–H and O–H groups in total. The predicted octanol–water partition coefficient (Wildman–Crippen LogP) is 3.54. The summed E-state index contributed by atoms with van der Waals surface area (Å²) in [6, 6.07) is 2.13. The summed E-state index contributed by atoms with van der Waals surface area (Å²) in [5.74, 6) is -3.04. The Morgan fingerprint density at radius 3 is 2.62 bits per heavy atom. The van der Waals surface area contributed by atoms with Crippen LogP contribution in [0.1, 0.15) is 64.0 Å². The van der Waals surface area contributed by atoms with Gasteiger partial charge in [-0.1, -0.05) is 6.42 Å². The Morgan fingerprint density at radius 1 is 1.24 bits per heavy atom. The van der Waals surface area contributed by atoms with Crippen LogP contribution in [-0.2, 0) is 23.8 Å². The molecule has 1 saturated carbocycles. The van der Waals surface area contributed by atoms with Gasteiger partial charge < -0.3 is 19.5 Å². The Labute approximate surface area is 168 Å². The van der Waals surface area contributed by atoms with E-state index in [1.54, 1.807) is 0 Å². The van der Waals surface area contributed by atoms with Crippen molar-refractivity contribution in [2.24, 2.45) is 0 Å². The molecule has 29 heavy (non-hydrogen) atoms. The molecule has 2 fully saturated rings. The molecule has 0 radical (unpaired) electrons. The van der Waals surface area contributed by atoms with Crippen molar-refractivity contribution < 1.29 is 32.6 Å². The summed E-state index contributed by atoms with van der Waals surface area (Å²) < 4.78 is 45.6. The number of nitrogens with one attached hydrogen (secondary N) is 1. The number of halogens is 2. The van der Waals surface area contributed by atoms with Gasteiger partial charge in [0.25, 0.3) is 0 Å². The lowest BCUT2D eigenvalue weighted by Crippen LogP contribution is -2.43. The van der Waals surface area contributed by atoms with Gasteiger partial charge in [0.15, 0.2) is 5.79 Å². The van der Waals surface area contributed by atoms with Gasteiger partial charge in [0, 0.05) is 38.7 Å². The summed E-state index contributed by atoms with van der Waals surface area (Å²) in [5.41, 5.74) is -0.134. The van der Waals surface area contributed by atoms with Crippen LogP contribution in [0.15, 0.2) is 18.2 Å². The Morgan fingerprint density at radius 2 is 1.97 bits per heavy atom. The largest absolute Gasteiger partial charge is 0.455 e. The van der Waals surface area contributed by atoms with Crippen molar-refractivity contribution in [3.63, 3.8) is 0 Å². The molecule has 0 bridgehead atoms. The molecule has 1 aromatic carbocycles. The Bertz CT molecular complexity index is 751. The molecular formula is C21H27F2NO5. The molecule has 1 aliphatic carbocycles. The van der Waals surface area contributed by atoms with Crippen LogP contribution in [-0.4, -0.2) is 36.4 Å². The second kappa shape index (κ2) is 9.17. The molecule has 0 aromatic heterocycles. The molecule has 3 atom stereocenters. The van der Waals surface area contributed by atoms with E-state index in [1.165, 1.54) is 13.8 Å². The second-order valence-electron chi connectivity index (χ2n) is 7.76. The van der Waals surface area contributed by atoms with Gasteiger partial charge in [-0.05, 0) is 31.0 Å². The molecule has 3 rings (SSSR count). The molecule has 160 valence electrons. The minimum absolute atomic E-state index is 0.134. The maximum absolute atomic E-state index is 14.4. The van der Waals surface area contributed by atoms with Crippen LogP contribution >= 0.6 is 0 Å². The number of amides is 1. The van der Waals surface area contributed by atoms with Gasteiger partial charge in [-0.2, -0.15) is 0 Å². The molecule has 1 saturated heterocycles. The molecule has 1 aliphatic heterocycles. The van der Waals surface area contributed by atoms with E-state index >= 15 is 0 Å². The lowest BCUT2D eigenvalue weighted by Gasteiger charge is -2.33. The van der Waals surface area contributed by atoms with Crippen LogP contribution in [0, 0.1) is 11.6 Å². The van der Waals surface area contributed by atoms with E-state index in [-0.39, 0.29) is 24.0 Å². The van der Waals surface area contributed by atoms with Gasteiger partial charge in [0.05, 0.1) is 18.8 Å². The van der Waals surface area contributed by atoms with Gasteiger partial charge in [-0.25, -0.2) is 8.78 Å². The summed E-state index contributed by atoms with van der Waals surface area (Å²) in [6.45, 7) is 2.82. The number of benzene rings is 1. The third-order valence-electron chi connectivity index (χ3n) is 5.36. The first-order valence-corrected chi connectivity index (χ1v) is 9.99. The van der Waals surface area contributed by atoms with Crippen LogP contribution in [0.4, 0.5) is 8.78 Å². The van der Waals surface area contributed by atoms with Crippen molar-refractivity contribution in [2.45, 2.75) is 76.4 Å². The van der Waals surface area contributed by atoms with E-state index in [0.717, 1.165) is 50.3 Å². The molecule has 2 aliphatic rings. The van der Waals surface area contributed by atoms with Crippen LogP contribution in [0.25, 0.3) is 0 Å². The Hall–Kier alpha value is -2.06. The number of rotatable bonds is 6. The van der Waals surface area contributed by atoms with Crippen molar-refractivity contribution in [1.82, 2.24) is 5.32 Å². The van der Waals surface area contributed by atoms with Crippen LogP contribution in [0.3, 0.4) is 0 Å². The zero-order valence-corrected chi connectivity index (χ0v) is 16.7. The fourth-order valence-electron chi connectivity index (χ4n) is 4.16. The summed E-state index contributed by atoms with van der Waals surface area (Å²) in [4.78, 5) is 23.5. The van der Waals surface area contributed by atoms with E-state index in [2.05, 4.69) is 5.32 Å². The average Bonchev–Trinajstić information content (AvgIpc) is 3.03. The van der Waals surface area contributed by atoms with Crippen molar-refractivity contribution >= 4 is 11.9 Å². The second-order valence-corrected chi connectivity index (χ2v) is 7.76. The smallest absolute Gasteiger partial charge is 0.303 e. The van der Waals surface area contributed by atoms with Crippen molar-refractivity contribution in [1.29, 1.82) is 0 Å². The van der Waals surface area contributed by atoms with Gasteiger partial charge in [0.1, 0.15) is 17.7 Å². The topological polar surface area (TPSA) is 73.9 Å². The van der Waals surface area contributed by atoms with Gasteiger partial charge in [0.2, 0.25) is 5.91 Å². The lowest BCUT2D eigenvalue weighted by atomic mass is 9.94. The van der Waals surface area contributed by atoms with Crippen LogP contribution in [0.5, 0.6) is 0 Å². The fourth-order valence-corrected chi connectivity index (χ4v) is 4.16. The number of carbonyl (C=O) groups excluding carboxylic acids is 2. The maximum Gasteiger partial charge on any atom is 0.303 e. The van der Waals surface area contributed by atoms with Crippen molar-refractivity contribution in [3.05, 3.63) is 35.4 Å². The molecule has 1 amide bonds. The first-order valence-electron chi connectivity index (χ1n) is 9.99. The predicted molar refractivity (Wildman–Crippen MR) is 99.7 cm³/mol. The first-order chi connectivity index (χ1) is 13.8. The van der Waals surface area contributed by atoms with E-state index in [1.807, 2.05) is 0 Å². The van der Waals surface area contributed by atoms with Gasteiger partial charge in [-0.15, -0.1) is 0 Å². The van der Waals surface area contributed by atoms with Crippen molar-refractivity contribution in [2.75, 3.05) is 6.61 Å². The quantitative estimate of drug-likeness (QED) is 0.725. The van der Waals surface area contributed by atoms with Gasteiger partial charge in [-0.3, -0.25) is 9.59 Å². The molecule has 3 unspecified atom stereocenters. The zero-order chi connectivity index (χ0) is 21.0. The summed E-state index contributed by atoms with van der Waals surface area (Å²) in [6.07, 6.45) is 3.47. The minimum Gasteiger partial charge on any atom is -0.455 e. The summed E-state index contributed by atoms with van der Waals surface area (Å²) in [5, 5.41) is 2.71. The van der Waals surface area contributed by atoms with E-state index < -0.39 is 35.5 Å².